The standard InChI is InChI=1S/C17H24N2O5.C16H22N2O5.C15H22N2O6/c1-17(8-3-2-4-9-17)15(21)23-11-12-5-6-14(24-12)19-10-7-13(20)18-16(19)22;19-13-8-9-18(16(21)17-13)14-7-6-12(23-14)10-22-15(20)11-4-2-1-3-5-11;1-15(6-3-9-23-15)13(19)22-10-11(21-2)4-7-17-8-5-12(18)16-14(17)20/h7,10,12,14H,2-6,8-9,11H2,1H3,(H,18,20,22);8-9,11-12,14H,1-7,10H2,(H,17,19,21);5,8,11H,3-4,6-7,9-10H2,1-2H3,(H,16,18,20). The third kappa shape index (κ3) is 15.1. The summed E-state index contributed by atoms with van der Waals surface area (Å²) in [5, 5.41) is 0. The molecule has 5 fully saturated rings. The Morgan fingerprint density at radius 1 is 0.643 bits per heavy atom. The van der Waals surface area contributed by atoms with Crippen LogP contribution in [0.3, 0.4) is 0 Å². The van der Waals surface area contributed by atoms with Crippen molar-refractivity contribution in [3.63, 3.8) is 0 Å². The van der Waals surface area contributed by atoms with E-state index in [1.165, 1.54) is 70.4 Å². The van der Waals surface area contributed by atoms with Crippen LogP contribution < -0.4 is 33.7 Å². The van der Waals surface area contributed by atoms with Gasteiger partial charge in [-0.15, -0.1) is 0 Å². The van der Waals surface area contributed by atoms with Crippen LogP contribution in [0.5, 0.6) is 0 Å². The summed E-state index contributed by atoms with van der Waals surface area (Å²) >= 11 is 0. The fraction of sp³-hybridized carbons (Fsp3) is 0.688. The highest BCUT2D eigenvalue weighted by atomic mass is 16.6. The molecular weight excluding hydrogens is 917 g/mol. The molecule has 8 rings (SSSR count). The van der Waals surface area contributed by atoms with Crippen molar-refractivity contribution in [3.8, 4) is 0 Å². The second-order valence-corrected chi connectivity index (χ2v) is 19.0. The van der Waals surface area contributed by atoms with Gasteiger partial charge in [0.15, 0.2) is 5.60 Å². The van der Waals surface area contributed by atoms with Crippen molar-refractivity contribution in [2.45, 2.75) is 166 Å². The van der Waals surface area contributed by atoms with Crippen LogP contribution in [0.2, 0.25) is 0 Å². The number of carbonyl (C=O) groups is 3. The molecule has 2 aliphatic carbocycles. The number of carbonyl (C=O) groups excluding carboxylic acids is 3. The molecule has 3 saturated heterocycles. The number of H-pyrrole nitrogens is 3. The fourth-order valence-electron chi connectivity index (χ4n) is 9.28. The monoisotopic (exact) mass is 984 g/mol. The van der Waals surface area contributed by atoms with E-state index in [0.717, 1.165) is 57.8 Å². The number of ether oxygens (including phenoxy) is 7. The molecule has 386 valence electrons. The van der Waals surface area contributed by atoms with E-state index in [9.17, 15) is 43.2 Å². The normalized spacial score (nSPS) is 24.6. The lowest BCUT2D eigenvalue weighted by atomic mass is 9.76. The van der Waals surface area contributed by atoms with Gasteiger partial charge in [0.2, 0.25) is 0 Å². The maximum absolute atomic E-state index is 12.3. The van der Waals surface area contributed by atoms with Crippen molar-refractivity contribution in [3.05, 3.63) is 99.3 Å². The van der Waals surface area contributed by atoms with E-state index in [-0.39, 0.29) is 61.4 Å². The van der Waals surface area contributed by atoms with Gasteiger partial charge in [-0.1, -0.05) is 38.5 Å². The van der Waals surface area contributed by atoms with Crippen LogP contribution in [0.15, 0.2) is 65.6 Å². The molecule has 2 saturated carbocycles. The first-order valence-corrected chi connectivity index (χ1v) is 24.5. The second kappa shape index (κ2) is 25.4. The zero-order chi connectivity index (χ0) is 50.3. The molecule has 0 aromatic carbocycles. The molecule has 22 nitrogen and oxygen atoms in total. The smallest absolute Gasteiger partial charge is 0.338 e. The van der Waals surface area contributed by atoms with Crippen LogP contribution >= 0.6 is 0 Å². The molecule has 0 bridgehead atoms. The van der Waals surface area contributed by atoms with Gasteiger partial charge in [0.1, 0.15) is 32.3 Å². The van der Waals surface area contributed by atoms with Crippen LogP contribution in [0, 0.1) is 11.3 Å². The van der Waals surface area contributed by atoms with Crippen LogP contribution in [0.4, 0.5) is 0 Å². The lowest BCUT2D eigenvalue weighted by Crippen LogP contribution is -2.38. The van der Waals surface area contributed by atoms with Gasteiger partial charge in [0, 0.05) is 57.1 Å². The van der Waals surface area contributed by atoms with Crippen molar-refractivity contribution in [2.24, 2.45) is 11.3 Å². The summed E-state index contributed by atoms with van der Waals surface area (Å²) in [5.74, 6) is -0.630. The molecule has 0 spiro atoms. The summed E-state index contributed by atoms with van der Waals surface area (Å²) in [7, 11) is 1.52. The number of esters is 3. The maximum Gasteiger partial charge on any atom is 0.338 e. The van der Waals surface area contributed by atoms with Gasteiger partial charge in [0.25, 0.3) is 16.7 Å². The summed E-state index contributed by atoms with van der Waals surface area (Å²) < 4.78 is 42.6. The number of aromatic amines is 3. The van der Waals surface area contributed by atoms with E-state index in [2.05, 4.69) is 15.0 Å². The number of aromatic nitrogens is 6. The predicted molar refractivity (Wildman–Crippen MR) is 250 cm³/mol. The highest BCUT2D eigenvalue weighted by Gasteiger charge is 2.40. The second-order valence-electron chi connectivity index (χ2n) is 19.0. The van der Waals surface area contributed by atoms with Crippen molar-refractivity contribution >= 4 is 17.9 Å². The average molecular weight is 985 g/mol. The molecule has 0 amide bonds. The third-order valence-corrected chi connectivity index (χ3v) is 13.7. The molecule has 22 heteroatoms. The number of hydrogen-bond acceptors (Lipinski definition) is 16. The number of aryl methyl sites for hydroxylation is 1. The number of methoxy groups -OCH3 is 1. The van der Waals surface area contributed by atoms with Gasteiger partial charge in [-0.2, -0.15) is 0 Å². The molecule has 3 aromatic heterocycles. The van der Waals surface area contributed by atoms with Crippen molar-refractivity contribution in [1.82, 2.24) is 28.7 Å². The lowest BCUT2D eigenvalue weighted by Gasteiger charge is -2.31. The molecule has 0 radical (unpaired) electrons. The molecule has 3 aliphatic heterocycles. The van der Waals surface area contributed by atoms with E-state index < -0.39 is 57.8 Å². The summed E-state index contributed by atoms with van der Waals surface area (Å²) in [5.41, 5.74) is -3.98. The Morgan fingerprint density at radius 3 is 1.71 bits per heavy atom. The maximum atomic E-state index is 12.3. The molecular formula is C48H68N6O16. The Balaban J connectivity index is 0.000000172. The van der Waals surface area contributed by atoms with Gasteiger partial charge in [-0.3, -0.25) is 48.1 Å². The van der Waals surface area contributed by atoms with Crippen molar-refractivity contribution in [1.29, 1.82) is 0 Å². The topological polar surface area (TPSA) is 280 Å². The Labute approximate surface area is 403 Å². The highest BCUT2D eigenvalue weighted by molar-refractivity contribution is 5.79. The largest absolute Gasteiger partial charge is 0.463 e. The van der Waals surface area contributed by atoms with Crippen LogP contribution in [0.1, 0.15) is 135 Å². The number of hydrogen-bond donors (Lipinski definition) is 3. The van der Waals surface area contributed by atoms with Crippen molar-refractivity contribution < 1.29 is 47.5 Å². The Bertz CT molecular complexity index is 2560. The zero-order valence-electron chi connectivity index (χ0n) is 40.4. The van der Waals surface area contributed by atoms with Gasteiger partial charge in [-0.05, 0) is 84.5 Å². The minimum atomic E-state index is -0.867. The van der Waals surface area contributed by atoms with E-state index >= 15 is 0 Å². The fourth-order valence-corrected chi connectivity index (χ4v) is 9.28. The Kier molecular flexibility index (Phi) is 19.5. The van der Waals surface area contributed by atoms with Crippen LogP contribution in [-0.4, -0.2) is 104 Å². The van der Waals surface area contributed by atoms with Gasteiger partial charge < -0.3 is 37.7 Å². The lowest BCUT2D eigenvalue weighted by molar-refractivity contribution is -0.168. The summed E-state index contributed by atoms with van der Waals surface area (Å²) in [6.07, 6.45) is 17.7. The van der Waals surface area contributed by atoms with Gasteiger partial charge in [-0.25, -0.2) is 19.2 Å². The first-order valence-electron chi connectivity index (χ1n) is 24.5. The molecule has 6 heterocycles. The minimum Gasteiger partial charge on any atom is -0.463 e. The molecule has 3 N–H and O–H groups in total. The van der Waals surface area contributed by atoms with Crippen LogP contribution in [0.25, 0.3) is 0 Å². The minimum absolute atomic E-state index is 0.0303. The first kappa shape index (κ1) is 53.6. The summed E-state index contributed by atoms with van der Waals surface area (Å²) in [6, 6.07) is 3.87. The molecule has 6 atom stereocenters. The van der Waals surface area contributed by atoms with E-state index in [1.54, 1.807) is 6.92 Å². The van der Waals surface area contributed by atoms with Gasteiger partial charge >= 0.3 is 35.0 Å². The van der Waals surface area contributed by atoms with E-state index in [4.69, 9.17) is 33.2 Å². The predicted octanol–water partition coefficient (Wildman–Crippen LogP) is 3.12. The summed E-state index contributed by atoms with van der Waals surface area (Å²) in [6.45, 7) is 5.14. The van der Waals surface area contributed by atoms with Crippen molar-refractivity contribution in [2.75, 3.05) is 33.5 Å². The molecule has 5 aliphatic rings. The molecule has 6 unspecified atom stereocenters. The SMILES string of the molecule is CC1(C(=O)OCC2CCC(n3ccc(=O)[nH]c3=O)O2)CCCCC1.COC(CCn1ccc(=O)[nH]c1=O)COC(=O)C1(C)CCCO1.O=C(OCC1CCC(n2ccc(=O)[nH]c2=O)O1)C1CCCCC1. The number of rotatable bonds is 15. The molecule has 3 aromatic rings. The van der Waals surface area contributed by atoms with E-state index in [1.807, 2.05) is 6.92 Å². The highest BCUT2D eigenvalue weighted by Crippen LogP contribution is 2.37. The number of nitrogens with one attached hydrogen (secondary N) is 3. The third-order valence-electron chi connectivity index (χ3n) is 13.7. The van der Waals surface area contributed by atoms with Gasteiger partial charge in [0.05, 0.1) is 29.6 Å². The first-order chi connectivity index (χ1) is 33.6. The molecule has 70 heavy (non-hydrogen) atoms. The Hall–Kier alpha value is -5.71. The Morgan fingerprint density at radius 2 is 1.19 bits per heavy atom. The van der Waals surface area contributed by atoms with Crippen LogP contribution in [-0.2, 0) is 54.1 Å². The number of nitrogens with zero attached hydrogens (tertiary/aromatic N) is 3. The zero-order valence-corrected chi connectivity index (χ0v) is 40.4. The average Bonchev–Trinajstić information content (AvgIpc) is 4.14. The summed E-state index contributed by atoms with van der Waals surface area (Å²) in [4.78, 5) is 111. The van der Waals surface area contributed by atoms with E-state index in [0.29, 0.717) is 51.7 Å². The quantitative estimate of drug-likeness (QED) is 0.146.